The summed E-state index contributed by atoms with van der Waals surface area (Å²) in [5, 5.41) is 15.5. The number of nitrogens with one attached hydrogen (secondary N) is 2. The second-order valence-corrected chi connectivity index (χ2v) is 4.35. The topological polar surface area (TPSA) is 74.2 Å². The second kappa shape index (κ2) is 5.14. The van der Waals surface area contributed by atoms with E-state index >= 15 is 0 Å². The van der Waals surface area contributed by atoms with Gasteiger partial charge in [0.25, 0.3) is 0 Å². The van der Waals surface area contributed by atoms with E-state index in [0.717, 1.165) is 25.1 Å². The lowest BCUT2D eigenvalue weighted by molar-refractivity contribution is -0.120. The van der Waals surface area contributed by atoms with Crippen LogP contribution in [0.25, 0.3) is 0 Å². The fourth-order valence-corrected chi connectivity index (χ4v) is 1.94. The van der Waals surface area contributed by atoms with Crippen LogP contribution in [0.3, 0.4) is 0 Å². The lowest BCUT2D eigenvalue weighted by Gasteiger charge is -2.21. The number of rotatable bonds is 2. The van der Waals surface area contributed by atoms with E-state index in [1.54, 1.807) is 6.07 Å². The van der Waals surface area contributed by atoms with Gasteiger partial charge in [0.1, 0.15) is 0 Å². The van der Waals surface area contributed by atoms with Gasteiger partial charge in [-0.3, -0.25) is 4.79 Å². The Kier molecular flexibility index (Phi) is 3.58. The van der Waals surface area contributed by atoms with Crippen molar-refractivity contribution in [2.75, 3.05) is 18.4 Å². The summed E-state index contributed by atoms with van der Waals surface area (Å²) in [6.45, 7) is 3.48. The summed E-state index contributed by atoms with van der Waals surface area (Å²) in [5.41, 5.74) is 0.764. The summed E-state index contributed by atoms with van der Waals surface area (Å²) >= 11 is 0. The van der Waals surface area contributed by atoms with Crippen molar-refractivity contribution in [3.63, 3.8) is 0 Å². The predicted molar refractivity (Wildman–Crippen MR) is 64.9 cm³/mol. The first-order chi connectivity index (χ1) is 8.16. The maximum atomic E-state index is 11.9. The first-order valence-electron chi connectivity index (χ1n) is 5.85. The minimum absolute atomic E-state index is 0.00715. The Morgan fingerprint density at radius 2 is 2.41 bits per heavy atom. The zero-order chi connectivity index (χ0) is 12.3. The lowest BCUT2D eigenvalue weighted by atomic mass is 9.99. The molecule has 3 N–H and O–H groups in total. The molecule has 0 saturated carbocycles. The number of hydrogen-bond acceptors (Lipinski definition) is 4. The van der Waals surface area contributed by atoms with Crippen LogP contribution in [0.4, 0.5) is 5.82 Å². The Morgan fingerprint density at radius 1 is 1.59 bits per heavy atom. The average Bonchev–Trinajstić information content (AvgIpc) is 2.35. The Labute approximate surface area is 100 Å². The van der Waals surface area contributed by atoms with Crippen molar-refractivity contribution in [1.82, 2.24) is 10.3 Å². The molecule has 92 valence electrons. The van der Waals surface area contributed by atoms with E-state index in [1.165, 1.54) is 6.07 Å². The zero-order valence-electron chi connectivity index (χ0n) is 9.86. The fraction of sp³-hybridized carbons (Fsp3) is 0.500. The maximum Gasteiger partial charge on any atom is 0.230 e. The quantitative estimate of drug-likeness (QED) is 0.716. The number of aromatic nitrogens is 1. The maximum absolute atomic E-state index is 11.9. The van der Waals surface area contributed by atoms with Crippen LogP contribution in [-0.4, -0.2) is 29.1 Å². The van der Waals surface area contributed by atoms with E-state index in [-0.39, 0.29) is 23.4 Å². The number of aryl methyl sites for hydroxylation is 1. The summed E-state index contributed by atoms with van der Waals surface area (Å²) < 4.78 is 0. The van der Waals surface area contributed by atoms with Gasteiger partial charge >= 0.3 is 0 Å². The van der Waals surface area contributed by atoms with Crippen LogP contribution in [0.15, 0.2) is 12.1 Å². The van der Waals surface area contributed by atoms with Crippen molar-refractivity contribution in [2.24, 2.45) is 5.92 Å². The molecule has 0 aliphatic carbocycles. The first kappa shape index (κ1) is 11.9. The minimum Gasteiger partial charge on any atom is -0.504 e. The summed E-state index contributed by atoms with van der Waals surface area (Å²) in [4.78, 5) is 16.0. The second-order valence-electron chi connectivity index (χ2n) is 4.35. The molecule has 2 rings (SSSR count). The molecule has 1 aliphatic rings. The van der Waals surface area contributed by atoms with Gasteiger partial charge in [-0.25, -0.2) is 4.98 Å². The largest absolute Gasteiger partial charge is 0.504 e. The summed E-state index contributed by atoms with van der Waals surface area (Å²) in [7, 11) is 0. The molecular formula is C12H17N3O2. The highest BCUT2D eigenvalue weighted by atomic mass is 16.3. The Bertz CT molecular complexity index is 414. The van der Waals surface area contributed by atoms with Crippen LogP contribution >= 0.6 is 0 Å². The van der Waals surface area contributed by atoms with Crippen LogP contribution in [0.1, 0.15) is 18.5 Å². The number of aromatic hydroxyl groups is 1. The van der Waals surface area contributed by atoms with E-state index in [4.69, 9.17) is 0 Å². The van der Waals surface area contributed by atoms with Gasteiger partial charge < -0.3 is 15.7 Å². The molecule has 1 aromatic heterocycles. The van der Waals surface area contributed by atoms with Crippen molar-refractivity contribution in [3.05, 3.63) is 17.8 Å². The van der Waals surface area contributed by atoms with Gasteiger partial charge in [-0.1, -0.05) is 0 Å². The number of hydrogen-bond donors (Lipinski definition) is 3. The van der Waals surface area contributed by atoms with Crippen molar-refractivity contribution in [3.8, 4) is 5.75 Å². The number of piperidine rings is 1. The van der Waals surface area contributed by atoms with E-state index in [0.29, 0.717) is 6.54 Å². The van der Waals surface area contributed by atoms with E-state index in [9.17, 15) is 9.90 Å². The number of carbonyl (C=O) groups is 1. The fourth-order valence-electron chi connectivity index (χ4n) is 1.94. The van der Waals surface area contributed by atoms with Crippen molar-refractivity contribution in [2.45, 2.75) is 19.8 Å². The Hall–Kier alpha value is -1.62. The van der Waals surface area contributed by atoms with Gasteiger partial charge in [0, 0.05) is 12.2 Å². The molecule has 1 amide bonds. The van der Waals surface area contributed by atoms with Crippen LogP contribution in [0.5, 0.6) is 5.75 Å². The number of carbonyl (C=O) groups excluding carboxylic acids is 1. The highest BCUT2D eigenvalue weighted by molar-refractivity contribution is 5.93. The zero-order valence-corrected chi connectivity index (χ0v) is 9.86. The molecule has 17 heavy (non-hydrogen) atoms. The van der Waals surface area contributed by atoms with Crippen LogP contribution in [0.2, 0.25) is 0 Å². The molecule has 1 saturated heterocycles. The van der Waals surface area contributed by atoms with Gasteiger partial charge in [-0.2, -0.15) is 0 Å². The lowest BCUT2D eigenvalue weighted by Crippen LogP contribution is -2.37. The van der Waals surface area contributed by atoms with Crippen LogP contribution < -0.4 is 10.6 Å². The average molecular weight is 235 g/mol. The molecule has 2 heterocycles. The molecule has 1 atom stereocenters. The normalized spacial score (nSPS) is 19.9. The monoisotopic (exact) mass is 235 g/mol. The predicted octanol–water partition coefficient (Wildman–Crippen LogP) is 1.03. The summed E-state index contributed by atoms with van der Waals surface area (Å²) in [6, 6.07) is 3.24. The molecule has 5 heteroatoms. The molecule has 1 aromatic rings. The smallest absolute Gasteiger partial charge is 0.230 e. The van der Waals surface area contributed by atoms with Crippen LogP contribution in [0, 0.1) is 12.8 Å². The molecule has 5 nitrogen and oxygen atoms in total. The number of amides is 1. The molecule has 1 unspecified atom stereocenters. The van der Waals surface area contributed by atoms with Crippen molar-refractivity contribution >= 4 is 11.7 Å². The van der Waals surface area contributed by atoms with E-state index in [2.05, 4.69) is 15.6 Å². The number of nitrogens with zero attached hydrogens (tertiary/aromatic N) is 1. The molecule has 1 aliphatic heterocycles. The number of pyridine rings is 1. The number of anilines is 1. The SMILES string of the molecule is Cc1ccc(O)c(NC(=O)C2CCCNC2)n1. The summed E-state index contributed by atoms with van der Waals surface area (Å²) in [5.74, 6) is 0.143. The van der Waals surface area contributed by atoms with Crippen molar-refractivity contribution in [1.29, 1.82) is 0 Å². The van der Waals surface area contributed by atoms with Gasteiger partial charge in [-0.05, 0) is 38.4 Å². The standard InChI is InChI=1S/C12H17N3O2/c1-8-4-5-10(16)11(14-8)15-12(17)9-3-2-6-13-7-9/h4-5,9,13,16H,2-3,6-7H2,1H3,(H,14,15,17). The third-order valence-electron chi connectivity index (χ3n) is 2.92. The third-order valence-corrected chi connectivity index (χ3v) is 2.92. The summed E-state index contributed by atoms with van der Waals surface area (Å²) in [6.07, 6.45) is 1.89. The highest BCUT2D eigenvalue weighted by Gasteiger charge is 2.21. The molecular weight excluding hydrogens is 218 g/mol. The van der Waals surface area contributed by atoms with Gasteiger partial charge in [0.2, 0.25) is 5.91 Å². The third kappa shape index (κ3) is 2.94. The molecule has 1 fully saturated rings. The van der Waals surface area contributed by atoms with Gasteiger partial charge in [-0.15, -0.1) is 0 Å². The first-order valence-corrected chi connectivity index (χ1v) is 5.85. The van der Waals surface area contributed by atoms with Crippen LogP contribution in [-0.2, 0) is 4.79 Å². The molecule has 0 aromatic carbocycles. The van der Waals surface area contributed by atoms with E-state index in [1.807, 2.05) is 6.92 Å². The molecule has 0 spiro atoms. The Balaban J connectivity index is 2.04. The van der Waals surface area contributed by atoms with Gasteiger partial charge in [0.15, 0.2) is 11.6 Å². The molecule has 0 radical (unpaired) electrons. The van der Waals surface area contributed by atoms with Crippen molar-refractivity contribution < 1.29 is 9.90 Å². The van der Waals surface area contributed by atoms with Gasteiger partial charge in [0.05, 0.1) is 5.92 Å². The Morgan fingerprint density at radius 3 is 3.12 bits per heavy atom. The molecule has 0 bridgehead atoms. The van der Waals surface area contributed by atoms with E-state index < -0.39 is 0 Å². The minimum atomic E-state index is -0.0781. The highest BCUT2D eigenvalue weighted by Crippen LogP contribution is 2.21.